The van der Waals surface area contributed by atoms with Crippen LogP contribution < -0.4 is 11.3 Å². The number of unbranched alkanes of at least 4 members (excludes halogenated alkanes) is 3. The van der Waals surface area contributed by atoms with Crippen LogP contribution in [0.2, 0.25) is 0 Å². The van der Waals surface area contributed by atoms with E-state index in [0.717, 1.165) is 23.2 Å². The number of rotatable bonds is 8. The molecule has 0 saturated carbocycles. The number of nitrogen functional groups attached to an aromatic ring is 1. The minimum Gasteiger partial charge on any atom is -0.373 e. The standard InChI is InChI=1S/C13H20N4OS/c1-2-3-4-5-7-18-9-11-15-12(17-14)10-6-8-19-13(10)16-11/h6,8H,2-5,7,9,14H2,1H3,(H,15,16,17). The van der Waals surface area contributed by atoms with E-state index in [-0.39, 0.29) is 0 Å². The number of nitrogens with zero attached hydrogens (tertiary/aromatic N) is 2. The third kappa shape index (κ3) is 3.86. The summed E-state index contributed by atoms with van der Waals surface area (Å²) in [6.07, 6.45) is 4.82. The summed E-state index contributed by atoms with van der Waals surface area (Å²) >= 11 is 1.58. The van der Waals surface area contributed by atoms with Crippen molar-refractivity contribution in [3.63, 3.8) is 0 Å². The molecule has 0 unspecified atom stereocenters. The van der Waals surface area contributed by atoms with Gasteiger partial charge >= 0.3 is 0 Å². The molecule has 0 bridgehead atoms. The van der Waals surface area contributed by atoms with Crippen LogP contribution in [0.3, 0.4) is 0 Å². The molecule has 0 spiro atoms. The average molecular weight is 280 g/mol. The van der Waals surface area contributed by atoms with Crippen LogP contribution in [0.4, 0.5) is 5.82 Å². The lowest BCUT2D eigenvalue weighted by Crippen LogP contribution is -2.11. The molecule has 0 aliphatic heterocycles. The molecule has 0 aliphatic rings. The van der Waals surface area contributed by atoms with Crippen molar-refractivity contribution >= 4 is 27.4 Å². The number of hydrazine groups is 1. The fourth-order valence-electron chi connectivity index (χ4n) is 1.87. The Balaban J connectivity index is 1.89. The molecule has 0 atom stereocenters. The van der Waals surface area contributed by atoms with Gasteiger partial charge in [-0.15, -0.1) is 11.3 Å². The van der Waals surface area contributed by atoms with Crippen LogP contribution in [-0.2, 0) is 11.3 Å². The summed E-state index contributed by atoms with van der Waals surface area (Å²) in [5, 5.41) is 2.94. The Bertz CT molecular complexity index is 514. The molecule has 2 aromatic heterocycles. The van der Waals surface area contributed by atoms with Gasteiger partial charge in [0.05, 0.1) is 5.39 Å². The lowest BCUT2D eigenvalue weighted by atomic mass is 10.2. The van der Waals surface area contributed by atoms with E-state index < -0.39 is 0 Å². The van der Waals surface area contributed by atoms with Crippen molar-refractivity contribution in [3.05, 3.63) is 17.3 Å². The van der Waals surface area contributed by atoms with Crippen molar-refractivity contribution in [2.24, 2.45) is 5.84 Å². The van der Waals surface area contributed by atoms with Gasteiger partial charge in [-0.3, -0.25) is 0 Å². The number of thiophene rings is 1. The Labute approximate surface area is 117 Å². The lowest BCUT2D eigenvalue weighted by molar-refractivity contribution is 0.112. The topological polar surface area (TPSA) is 73.1 Å². The van der Waals surface area contributed by atoms with E-state index >= 15 is 0 Å². The first-order valence-electron chi connectivity index (χ1n) is 6.63. The fourth-order valence-corrected chi connectivity index (χ4v) is 2.65. The van der Waals surface area contributed by atoms with E-state index in [1.165, 1.54) is 19.3 Å². The monoisotopic (exact) mass is 280 g/mol. The van der Waals surface area contributed by atoms with E-state index in [1.54, 1.807) is 11.3 Å². The highest BCUT2D eigenvalue weighted by atomic mass is 32.1. The highest BCUT2D eigenvalue weighted by molar-refractivity contribution is 7.16. The zero-order valence-corrected chi connectivity index (χ0v) is 12.0. The minimum atomic E-state index is 0.439. The third-order valence-corrected chi connectivity index (χ3v) is 3.69. The second-order valence-electron chi connectivity index (χ2n) is 4.39. The van der Waals surface area contributed by atoms with Gasteiger partial charge in [-0.25, -0.2) is 15.8 Å². The number of nitrogens with two attached hydrogens (primary N) is 1. The zero-order chi connectivity index (χ0) is 13.5. The molecule has 2 rings (SSSR count). The second-order valence-corrected chi connectivity index (χ2v) is 5.28. The van der Waals surface area contributed by atoms with E-state index in [1.807, 2.05) is 11.4 Å². The van der Waals surface area contributed by atoms with E-state index in [0.29, 0.717) is 18.2 Å². The van der Waals surface area contributed by atoms with Crippen LogP contribution >= 0.6 is 11.3 Å². The summed E-state index contributed by atoms with van der Waals surface area (Å²) in [7, 11) is 0. The number of nitrogens with one attached hydrogen (secondary N) is 1. The van der Waals surface area contributed by atoms with Crippen LogP contribution in [0, 0.1) is 0 Å². The fraction of sp³-hybridized carbons (Fsp3) is 0.538. The van der Waals surface area contributed by atoms with Crippen molar-refractivity contribution in [3.8, 4) is 0 Å². The van der Waals surface area contributed by atoms with E-state index in [2.05, 4.69) is 22.3 Å². The molecule has 3 N–H and O–H groups in total. The third-order valence-electron chi connectivity index (χ3n) is 2.88. The summed E-state index contributed by atoms with van der Waals surface area (Å²) in [4.78, 5) is 9.76. The number of ether oxygens (including phenoxy) is 1. The molecule has 2 heterocycles. The van der Waals surface area contributed by atoms with Gasteiger partial charge in [0, 0.05) is 6.61 Å². The van der Waals surface area contributed by atoms with Crippen molar-refractivity contribution in [2.45, 2.75) is 39.2 Å². The first-order valence-corrected chi connectivity index (χ1v) is 7.51. The van der Waals surface area contributed by atoms with Gasteiger partial charge in [-0.2, -0.15) is 0 Å². The highest BCUT2D eigenvalue weighted by Crippen LogP contribution is 2.24. The summed E-state index contributed by atoms with van der Waals surface area (Å²) in [5.74, 6) is 6.82. The van der Waals surface area contributed by atoms with Gasteiger partial charge < -0.3 is 10.2 Å². The largest absolute Gasteiger partial charge is 0.373 e. The van der Waals surface area contributed by atoms with Crippen LogP contribution in [0.5, 0.6) is 0 Å². The molecule has 6 heteroatoms. The summed E-state index contributed by atoms with van der Waals surface area (Å²) in [6.45, 7) is 3.40. The first kappa shape index (κ1) is 14.2. The Morgan fingerprint density at radius 2 is 2.21 bits per heavy atom. The highest BCUT2D eigenvalue weighted by Gasteiger charge is 2.07. The van der Waals surface area contributed by atoms with Crippen molar-refractivity contribution in [1.82, 2.24) is 9.97 Å². The molecule has 0 aromatic carbocycles. The number of aromatic nitrogens is 2. The maximum Gasteiger partial charge on any atom is 0.158 e. The Kier molecular flexibility index (Phi) is 5.50. The molecule has 0 radical (unpaired) electrons. The molecule has 104 valence electrons. The van der Waals surface area contributed by atoms with E-state index in [9.17, 15) is 0 Å². The number of hydrogen-bond donors (Lipinski definition) is 2. The molecular formula is C13H20N4OS. The molecule has 5 nitrogen and oxygen atoms in total. The van der Waals surface area contributed by atoms with Crippen LogP contribution in [0.1, 0.15) is 38.4 Å². The lowest BCUT2D eigenvalue weighted by Gasteiger charge is -2.06. The molecule has 19 heavy (non-hydrogen) atoms. The van der Waals surface area contributed by atoms with Gasteiger partial charge in [-0.05, 0) is 17.9 Å². The summed E-state index contributed by atoms with van der Waals surface area (Å²) in [5.41, 5.74) is 2.61. The van der Waals surface area contributed by atoms with Crippen molar-refractivity contribution < 1.29 is 4.74 Å². The van der Waals surface area contributed by atoms with Crippen LogP contribution in [0.15, 0.2) is 11.4 Å². The smallest absolute Gasteiger partial charge is 0.158 e. The van der Waals surface area contributed by atoms with Crippen molar-refractivity contribution in [1.29, 1.82) is 0 Å². The van der Waals surface area contributed by atoms with Crippen molar-refractivity contribution in [2.75, 3.05) is 12.0 Å². The molecule has 0 amide bonds. The predicted octanol–water partition coefficient (Wildman–Crippen LogP) is 3.07. The molecular weight excluding hydrogens is 260 g/mol. The zero-order valence-electron chi connectivity index (χ0n) is 11.2. The summed E-state index contributed by atoms with van der Waals surface area (Å²) < 4.78 is 5.60. The molecule has 2 aromatic rings. The van der Waals surface area contributed by atoms with Gasteiger partial charge in [0.25, 0.3) is 0 Å². The molecule has 0 aliphatic carbocycles. The average Bonchev–Trinajstić information content (AvgIpc) is 2.90. The number of fused-ring (bicyclic) bond motifs is 1. The Morgan fingerprint density at radius 3 is 3.00 bits per heavy atom. The predicted molar refractivity (Wildman–Crippen MR) is 79.0 cm³/mol. The van der Waals surface area contributed by atoms with Crippen LogP contribution in [0.25, 0.3) is 10.2 Å². The van der Waals surface area contributed by atoms with Gasteiger partial charge in [0.15, 0.2) is 11.6 Å². The number of anilines is 1. The quantitative estimate of drug-likeness (QED) is 0.441. The summed E-state index contributed by atoms with van der Waals surface area (Å²) in [6, 6.07) is 1.96. The molecule has 0 saturated heterocycles. The first-order chi connectivity index (χ1) is 9.35. The normalized spacial score (nSPS) is 11.1. The molecule has 0 fully saturated rings. The second kappa shape index (κ2) is 7.37. The SMILES string of the molecule is CCCCCCOCc1nc(NN)c2ccsc2n1. The van der Waals surface area contributed by atoms with Crippen LogP contribution in [-0.4, -0.2) is 16.6 Å². The minimum absolute atomic E-state index is 0.439. The Morgan fingerprint density at radius 1 is 1.32 bits per heavy atom. The Hall–Kier alpha value is -1.24. The van der Waals surface area contributed by atoms with Gasteiger partial charge in [-0.1, -0.05) is 26.2 Å². The maximum absolute atomic E-state index is 5.60. The number of hydrogen-bond acceptors (Lipinski definition) is 6. The van der Waals surface area contributed by atoms with Gasteiger partial charge in [0.2, 0.25) is 0 Å². The maximum atomic E-state index is 5.60. The van der Waals surface area contributed by atoms with Gasteiger partial charge in [0.1, 0.15) is 11.4 Å². The van der Waals surface area contributed by atoms with E-state index in [4.69, 9.17) is 10.6 Å².